The van der Waals surface area contributed by atoms with Crippen LogP contribution in [-0.4, -0.2) is 24.5 Å². The van der Waals surface area contributed by atoms with Crippen molar-refractivity contribution in [2.45, 2.75) is 25.7 Å². The molecule has 1 atom stereocenters. The second-order valence-electron chi connectivity index (χ2n) is 4.47. The van der Waals surface area contributed by atoms with Crippen molar-refractivity contribution in [3.05, 3.63) is 29.8 Å². The summed E-state index contributed by atoms with van der Waals surface area (Å²) in [6.07, 6.45) is 3.64. The fraction of sp³-hybridized carbons (Fsp3) is 0.500. The van der Waals surface area contributed by atoms with E-state index in [1.807, 2.05) is 24.3 Å². The molecule has 0 aliphatic rings. The summed E-state index contributed by atoms with van der Waals surface area (Å²) in [6, 6.07) is 7.73. The normalized spacial score (nSPS) is 12.1. The number of carbonyl (C=O) groups is 1. The molecule has 3 N–H and O–H groups in total. The van der Waals surface area contributed by atoms with Gasteiger partial charge in [-0.15, -0.1) is 0 Å². The van der Waals surface area contributed by atoms with Crippen molar-refractivity contribution in [2.75, 3.05) is 24.3 Å². The lowest BCUT2D eigenvalue weighted by molar-refractivity contribution is -0.121. The summed E-state index contributed by atoms with van der Waals surface area (Å²) >= 11 is 1.80. The van der Waals surface area contributed by atoms with Crippen LogP contribution in [0.5, 0.6) is 0 Å². The van der Waals surface area contributed by atoms with E-state index in [9.17, 15) is 4.79 Å². The highest BCUT2D eigenvalue weighted by Gasteiger charge is 2.10. The number of hydrogen-bond donors (Lipinski definition) is 2. The molecule has 0 bridgehead atoms. The summed E-state index contributed by atoms with van der Waals surface area (Å²) in [5, 5.41) is 2.95. The molecule has 0 saturated carbocycles. The Balaban J connectivity index is 2.33. The van der Waals surface area contributed by atoms with Gasteiger partial charge in [0.1, 0.15) is 0 Å². The average Bonchev–Trinajstić information content (AvgIpc) is 2.35. The van der Waals surface area contributed by atoms with Crippen LogP contribution in [0.15, 0.2) is 24.3 Å². The van der Waals surface area contributed by atoms with Crippen molar-refractivity contribution >= 4 is 23.4 Å². The highest BCUT2D eigenvalue weighted by molar-refractivity contribution is 7.98. The zero-order chi connectivity index (χ0) is 13.4. The van der Waals surface area contributed by atoms with Crippen molar-refractivity contribution in [3.63, 3.8) is 0 Å². The standard InChI is InChI=1S/C14H22N2OS/c1-11(12-4-6-13(15)7-5-12)10-14(17)16-8-3-9-18-2/h4-7,11H,3,8-10,15H2,1-2H3,(H,16,17). The number of benzene rings is 1. The zero-order valence-corrected chi connectivity index (χ0v) is 11.9. The molecule has 4 heteroatoms. The van der Waals surface area contributed by atoms with Crippen LogP contribution in [0.2, 0.25) is 0 Å². The third-order valence-corrected chi connectivity index (χ3v) is 3.54. The van der Waals surface area contributed by atoms with Crippen LogP contribution in [0.25, 0.3) is 0 Å². The minimum absolute atomic E-state index is 0.125. The number of nitrogen functional groups attached to an aromatic ring is 1. The minimum Gasteiger partial charge on any atom is -0.399 e. The Labute approximate surface area is 114 Å². The third-order valence-electron chi connectivity index (χ3n) is 2.84. The second-order valence-corrected chi connectivity index (χ2v) is 5.45. The molecule has 18 heavy (non-hydrogen) atoms. The summed E-state index contributed by atoms with van der Waals surface area (Å²) in [4.78, 5) is 11.7. The van der Waals surface area contributed by atoms with E-state index in [0.717, 1.165) is 30.0 Å². The lowest BCUT2D eigenvalue weighted by atomic mass is 9.97. The molecule has 0 aliphatic heterocycles. The van der Waals surface area contributed by atoms with Gasteiger partial charge in [0.15, 0.2) is 0 Å². The quantitative estimate of drug-likeness (QED) is 0.589. The van der Waals surface area contributed by atoms with Crippen LogP contribution in [0.4, 0.5) is 5.69 Å². The number of amides is 1. The molecular formula is C14H22N2OS. The highest BCUT2D eigenvalue weighted by atomic mass is 32.2. The summed E-state index contributed by atoms with van der Waals surface area (Å²) in [7, 11) is 0. The van der Waals surface area contributed by atoms with Gasteiger partial charge in [-0.25, -0.2) is 0 Å². The number of thioether (sulfide) groups is 1. The van der Waals surface area contributed by atoms with Gasteiger partial charge in [0.2, 0.25) is 5.91 Å². The summed E-state index contributed by atoms with van der Waals surface area (Å²) in [5.74, 6) is 1.44. The fourth-order valence-electron chi connectivity index (χ4n) is 1.74. The maximum atomic E-state index is 11.7. The molecule has 1 unspecified atom stereocenters. The molecule has 0 radical (unpaired) electrons. The number of anilines is 1. The van der Waals surface area contributed by atoms with Gasteiger partial charge in [-0.05, 0) is 42.0 Å². The van der Waals surface area contributed by atoms with E-state index < -0.39 is 0 Å². The molecule has 1 aromatic carbocycles. The highest BCUT2D eigenvalue weighted by Crippen LogP contribution is 2.19. The van der Waals surface area contributed by atoms with Crippen LogP contribution in [0.1, 0.15) is 31.2 Å². The Morgan fingerprint density at radius 1 is 1.39 bits per heavy atom. The molecule has 1 amide bonds. The van der Waals surface area contributed by atoms with Gasteiger partial charge in [0.05, 0.1) is 0 Å². The van der Waals surface area contributed by atoms with E-state index in [-0.39, 0.29) is 11.8 Å². The van der Waals surface area contributed by atoms with E-state index in [1.165, 1.54) is 0 Å². The third kappa shape index (κ3) is 5.45. The van der Waals surface area contributed by atoms with Crippen LogP contribution in [0, 0.1) is 0 Å². The molecule has 0 saturated heterocycles. The zero-order valence-electron chi connectivity index (χ0n) is 11.1. The average molecular weight is 266 g/mol. The first kappa shape index (κ1) is 14.9. The van der Waals surface area contributed by atoms with E-state index in [0.29, 0.717) is 6.42 Å². The first-order chi connectivity index (χ1) is 8.63. The van der Waals surface area contributed by atoms with E-state index in [4.69, 9.17) is 5.73 Å². The van der Waals surface area contributed by atoms with Gasteiger partial charge in [0, 0.05) is 18.7 Å². The first-order valence-corrected chi connectivity index (χ1v) is 7.64. The van der Waals surface area contributed by atoms with Gasteiger partial charge in [0.25, 0.3) is 0 Å². The maximum Gasteiger partial charge on any atom is 0.220 e. The number of nitrogens with two attached hydrogens (primary N) is 1. The number of hydrogen-bond acceptors (Lipinski definition) is 3. The smallest absolute Gasteiger partial charge is 0.220 e. The molecule has 0 aromatic heterocycles. The molecular weight excluding hydrogens is 244 g/mol. The van der Waals surface area contributed by atoms with Crippen LogP contribution < -0.4 is 11.1 Å². The second kappa shape index (κ2) is 8.03. The molecule has 1 rings (SSSR count). The largest absolute Gasteiger partial charge is 0.399 e. The van der Waals surface area contributed by atoms with Crippen molar-refractivity contribution in [1.29, 1.82) is 0 Å². The number of nitrogens with one attached hydrogen (secondary N) is 1. The van der Waals surface area contributed by atoms with Crippen molar-refractivity contribution in [1.82, 2.24) is 5.32 Å². The minimum atomic E-state index is 0.125. The predicted octanol–water partition coefficient (Wildman–Crippen LogP) is 2.63. The van der Waals surface area contributed by atoms with Crippen molar-refractivity contribution in [3.8, 4) is 0 Å². The Bertz CT molecular complexity index is 365. The topological polar surface area (TPSA) is 55.1 Å². The van der Waals surface area contributed by atoms with E-state index >= 15 is 0 Å². The van der Waals surface area contributed by atoms with Crippen LogP contribution in [0.3, 0.4) is 0 Å². The molecule has 0 aliphatic carbocycles. The lowest BCUT2D eigenvalue weighted by Gasteiger charge is -2.12. The van der Waals surface area contributed by atoms with E-state index in [2.05, 4.69) is 18.5 Å². The van der Waals surface area contributed by atoms with Gasteiger partial charge in [-0.3, -0.25) is 4.79 Å². The summed E-state index contributed by atoms with van der Waals surface area (Å²) < 4.78 is 0. The SMILES string of the molecule is CSCCCNC(=O)CC(C)c1ccc(N)cc1. The number of carbonyl (C=O) groups excluding carboxylic acids is 1. The number of rotatable bonds is 7. The summed E-state index contributed by atoms with van der Waals surface area (Å²) in [6.45, 7) is 2.83. The molecule has 100 valence electrons. The van der Waals surface area contributed by atoms with Crippen LogP contribution in [-0.2, 0) is 4.79 Å². The van der Waals surface area contributed by atoms with Crippen molar-refractivity contribution < 1.29 is 4.79 Å². The lowest BCUT2D eigenvalue weighted by Crippen LogP contribution is -2.25. The molecule has 0 heterocycles. The van der Waals surface area contributed by atoms with Crippen molar-refractivity contribution in [2.24, 2.45) is 0 Å². The van der Waals surface area contributed by atoms with Gasteiger partial charge >= 0.3 is 0 Å². The van der Waals surface area contributed by atoms with Gasteiger partial charge in [-0.1, -0.05) is 19.1 Å². The predicted molar refractivity (Wildman–Crippen MR) is 79.9 cm³/mol. The molecule has 0 fully saturated rings. The van der Waals surface area contributed by atoms with E-state index in [1.54, 1.807) is 11.8 Å². The Kier molecular flexibility index (Phi) is 6.65. The summed E-state index contributed by atoms with van der Waals surface area (Å²) in [5.41, 5.74) is 7.55. The fourth-order valence-corrected chi connectivity index (χ4v) is 2.17. The Morgan fingerprint density at radius 3 is 2.67 bits per heavy atom. The molecule has 1 aromatic rings. The molecule has 0 spiro atoms. The van der Waals surface area contributed by atoms with Gasteiger partial charge < -0.3 is 11.1 Å². The Morgan fingerprint density at radius 2 is 2.06 bits per heavy atom. The molecule has 3 nitrogen and oxygen atoms in total. The first-order valence-electron chi connectivity index (χ1n) is 6.24. The Hall–Kier alpha value is -1.16. The van der Waals surface area contributed by atoms with Crippen LogP contribution >= 0.6 is 11.8 Å². The maximum absolute atomic E-state index is 11.7. The van der Waals surface area contributed by atoms with Gasteiger partial charge in [-0.2, -0.15) is 11.8 Å². The monoisotopic (exact) mass is 266 g/mol.